The third-order valence-electron chi connectivity index (χ3n) is 5.70. The Bertz CT molecular complexity index is 1080. The standard InChI is InChI=1S/C24H26ClN5O/c1-29(2)24-27-14-19(16-9-11-17(12-10-16)23(26)31)22(28-24)21-8-5-13-30(21)15-18-6-3-4-7-20(18)25/h3-4,6-7,9-12,14,21H,5,8,13,15H2,1-2H3,(H2,26,31)/t21-/m0/s1. The Morgan fingerprint density at radius 3 is 2.61 bits per heavy atom. The third kappa shape index (κ3) is 4.55. The molecule has 0 aliphatic carbocycles. The molecule has 1 aliphatic heterocycles. The minimum absolute atomic E-state index is 0.156. The largest absolute Gasteiger partial charge is 0.366 e. The van der Waals surface area contributed by atoms with E-state index in [4.69, 9.17) is 22.3 Å². The van der Waals surface area contributed by atoms with Crippen molar-refractivity contribution in [2.75, 3.05) is 25.5 Å². The number of nitrogens with two attached hydrogens (primary N) is 1. The second-order valence-electron chi connectivity index (χ2n) is 8.02. The second-order valence-corrected chi connectivity index (χ2v) is 8.43. The molecule has 1 aliphatic rings. The van der Waals surface area contributed by atoms with E-state index in [-0.39, 0.29) is 6.04 Å². The summed E-state index contributed by atoms with van der Waals surface area (Å²) in [5, 5.41) is 0.784. The Hall–Kier alpha value is -2.96. The van der Waals surface area contributed by atoms with Crippen molar-refractivity contribution >= 4 is 23.5 Å². The van der Waals surface area contributed by atoms with Gasteiger partial charge in [0.2, 0.25) is 11.9 Å². The monoisotopic (exact) mass is 435 g/mol. The fourth-order valence-corrected chi connectivity index (χ4v) is 4.26. The Morgan fingerprint density at radius 1 is 1.19 bits per heavy atom. The van der Waals surface area contributed by atoms with Crippen LogP contribution in [0.2, 0.25) is 5.02 Å². The molecule has 1 atom stereocenters. The zero-order valence-corrected chi connectivity index (χ0v) is 18.5. The third-order valence-corrected chi connectivity index (χ3v) is 6.07. The summed E-state index contributed by atoms with van der Waals surface area (Å²) in [4.78, 5) is 25.3. The maximum Gasteiger partial charge on any atom is 0.248 e. The first-order valence-electron chi connectivity index (χ1n) is 10.4. The van der Waals surface area contributed by atoms with Gasteiger partial charge in [0.15, 0.2) is 0 Å². The number of carbonyl (C=O) groups is 1. The molecule has 160 valence electrons. The molecule has 0 spiro atoms. The number of carbonyl (C=O) groups excluding carboxylic acids is 1. The highest BCUT2D eigenvalue weighted by Gasteiger charge is 2.30. The van der Waals surface area contributed by atoms with Gasteiger partial charge in [-0.2, -0.15) is 0 Å². The fourth-order valence-electron chi connectivity index (χ4n) is 4.06. The van der Waals surface area contributed by atoms with Crippen LogP contribution in [0.15, 0.2) is 54.7 Å². The first-order chi connectivity index (χ1) is 14.9. The summed E-state index contributed by atoms with van der Waals surface area (Å²) < 4.78 is 0. The van der Waals surface area contributed by atoms with Crippen molar-refractivity contribution in [1.82, 2.24) is 14.9 Å². The van der Waals surface area contributed by atoms with E-state index in [9.17, 15) is 4.79 Å². The normalized spacial score (nSPS) is 16.4. The van der Waals surface area contributed by atoms with Gasteiger partial charge in [-0.3, -0.25) is 9.69 Å². The molecule has 1 aromatic heterocycles. The quantitative estimate of drug-likeness (QED) is 0.624. The minimum atomic E-state index is -0.437. The van der Waals surface area contributed by atoms with Gasteiger partial charge >= 0.3 is 0 Å². The van der Waals surface area contributed by atoms with Gasteiger partial charge in [-0.15, -0.1) is 0 Å². The summed E-state index contributed by atoms with van der Waals surface area (Å²) in [5.41, 5.74) is 9.93. The number of anilines is 1. The number of aromatic nitrogens is 2. The van der Waals surface area contributed by atoms with E-state index >= 15 is 0 Å². The molecule has 7 heteroatoms. The van der Waals surface area contributed by atoms with Crippen molar-refractivity contribution in [3.8, 4) is 11.1 Å². The number of hydrogen-bond donors (Lipinski definition) is 1. The number of amides is 1. The summed E-state index contributed by atoms with van der Waals surface area (Å²) in [6, 6.07) is 15.4. The van der Waals surface area contributed by atoms with E-state index < -0.39 is 5.91 Å². The number of likely N-dealkylation sites (tertiary alicyclic amines) is 1. The maximum absolute atomic E-state index is 11.5. The summed E-state index contributed by atoms with van der Waals surface area (Å²) >= 11 is 6.43. The minimum Gasteiger partial charge on any atom is -0.366 e. The maximum atomic E-state index is 11.5. The smallest absolute Gasteiger partial charge is 0.248 e. The van der Waals surface area contributed by atoms with E-state index in [2.05, 4.69) is 16.0 Å². The summed E-state index contributed by atoms with van der Waals surface area (Å²) in [6.45, 7) is 1.75. The van der Waals surface area contributed by atoms with Crippen molar-refractivity contribution in [3.05, 3.63) is 76.6 Å². The van der Waals surface area contributed by atoms with Crippen molar-refractivity contribution in [3.63, 3.8) is 0 Å². The van der Waals surface area contributed by atoms with Crippen molar-refractivity contribution < 1.29 is 4.79 Å². The van der Waals surface area contributed by atoms with Crippen molar-refractivity contribution in [2.45, 2.75) is 25.4 Å². The number of benzene rings is 2. The Labute approximate surface area is 187 Å². The predicted octanol–water partition coefficient (Wildman–Crippen LogP) is 4.30. The van der Waals surface area contributed by atoms with Crippen LogP contribution in [-0.4, -0.2) is 41.4 Å². The molecule has 1 amide bonds. The van der Waals surface area contributed by atoms with E-state index in [1.54, 1.807) is 12.1 Å². The molecule has 0 unspecified atom stereocenters. The molecule has 1 saturated heterocycles. The summed E-state index contributed by atoms with van der Waals surface area (Å²) in [5.74, 6) is 0.241. The molecular weight excluding hydrogens is 410 g/mol. The molecule has 31 heavy (non-hydrogen) atoms. The molecule has 2 heterocycles. The lowest BCUT2D eigenvalue weighted by Crippen LogP contribution is -2.25. The molecule has 6 nitrogen and oxygen atoms in total. The first kappa shape index (κ1) is 21.3. The van der Waals surface area contributed by atoms with Crippen LogP contribution >= 0.6 is 11.6 Å². The number of rotatable bonds is 6. The molecule has 0 radical (unpaired) electrons. The average Bonchev–Trinajstić information content (AvgIpc) is 3.23. The van der Waals surface area contributed by atoms with E-state index in [0.29, 0.717) is 11.5 Å². The molecule has 1 fully saturated rings. The van der Waals surface area contributed by atoms with Gasteiger partial charge in [0.1, 0.15) is 0 Å². The molecule has 3 aromatic rings. The summed E-state index contributed by atoms with van der Waals surface area (Å²) in [7, 11) is 3.88. The molecule has 0 bridgehead atoms. The van der Waals surface area contributed by atoms with Gasteiger partial charge < -0.3 is 10.6 Å². The Morgan fingerprint density at radius 2 is 1.94 bits per heavy atom. The second kappa shape index (κ2) is 9.04. The predicted molar refractivity (Wildman–Crippen MR) is 124 cm³/mol. The van der Waals surface area contributed by atoms with Crippen LogP contribution in [0.25, 0.3) is 11.1 Å². The molecule has 4 rings (SSSR count). The van der Waals surface area contributed by atoms with Crippen molar-refractivity contribution in [2.24, 2.45) is 5.73 Å². The van der Waals surface area contributed by atoms with Gasteiger partial charge in [0.05, 0.1) is 11.7 Å². The number of nitrogens with zero attached hydrogens (tertiary/aromatic N) is 4. The topological polar surface area (TPSA) is 75.4 Å². The summed E-state index contributed by atoms with van der Waals surface area (Å²) in [6.07, 6.45) is 3.99. The highest BCUT2D eigenvalue weighted by atomic mass is 35.5. The lowest BCUT2D eigenvalue weighted by atomic mass is 9.98. The van der Waals surface area contributed by atoms with Gasteiger partial charge in [-0.25, -0.2) is 9.97 Å². The van der Waals surface area contributed by atoms with Crippen LogP contribution in [0.5, 0.6) is 0 Å². The SMILES string of the molecule is CN(C)c1ncc(-c2ccc(C(N)=O)cc2)c([C@@H]2CCCN2Cc2ccccc2Cl)n1. The Balaban J connectivity index is 1.73. The van der Waals surface area contributed by atoms with Crippen LogP contribution < -0.4 is 10.6 Å². The molecular formula is C24H26ClN5O. The van der Waals surface area contributed by atoms with E-state index in [1.807, 2.05) is 55.5 Å². The van der Waals surface area contributed by atoms with Gasteiger partial charge in [-0.1, -0.05) is 41.9 Å². The number of primary amides is 1. The van der Waals surface area contributed by atoms with Crippen LogP contribution in [0.3, 0.4) is 0 Å². The zero-order chi connectivity index (χ0) is 22.0. The fraction of sp³-hybridized carbons (Fsp3) is 0.292. The molecule has 2 aromatic carbocycles. The highest BCUT2D eigenvalue weighted by Crippen LogP contribution is 2.38. The van der Waals surface area contributed by atoms with Crippen LogP contribution in [-0.2, 0) is 6.54 Å². The van der Waals surface area contributed by atoms with Gasteiger partial charge in [0.25, 0.3) is 0 Å². The lowest BCUT2D eigenvalue weighted by Gasteiger charge is -2.27. The number of hydrogen-bond acceptors (Lipinski definition) is 5. The average molecular weight is 436 g/mol. The van der Waals surface area contributed by atoms with Crippen LogP contribution in [0.1, 0.15) is 40.5 Å². The lowest BCUT2D eigenvalue weighted by molar-refractivity contribution is 0.100. The van der Waals surface area contributed by atoms with Gasteiger partial charge in [-0.05, 0) is 48.7 Å². The van der Waals surface area contributed by atoms with Crippen molar-refractivity contribution in [1.29, 1.82) is 0 Å². The van der Waals surface area contributed by atoms with Crippen LogP contribution in [0, 0.1) is 0 Å². The van der Waals surface area contributed by atoms with Gasteiger partial charge in [0, 0.05) is 43.0 Å². The zero-order valence-electron chi connectivity index (χ0n) is 17.8. The first-order valence-corrected chi connectivity index (χ1v) is 10.7. The van der Waals surface area contributed by atoms with Crippen LogP contribution in [0.4, 0.5) is 5.95 Å². The van der Waals surface area contributed by atoms with E-state index in [1.165, 1.54) is 0 Å². The number of halogens is 1. The Kier molecular flexibility index (Phi) is 6.20. The molecule has 0 saturated carbocycles. The molecule has 2 N–H and O–H groups in total. The highest BCUT2D eigenvalue weighted by molar-refractivity contribution is 6.31. The van der Waals surface area contributed by atoms with E-state index in [0.717, 1.165) is 53.3 Å².